The first kappa shape index (κ1) is 18.6. The molecule has 0 bridgehead atoms. The Labute approximate surface area is 156 Å². The van der Waals surface area contributed by atoms with Gasteiger partial charge in [-0.3, -0.25) is 0 Å². The van der Waals surface area contributed by atoms with Crippen molar-refractivity contribution in [3.8, 4) is 0 Å². The van der Waals surface area contributed by atoms with Crippen LogP contribution in [0.1, 0.15) is 32.1 Å². The van der Waals surface area contributed by atoms with Crippen molar-refractivity contribution in [2.75, 3.05) is 32.5 Å². The molecule has 1 aliphatic carbocycles. The molecule has 2 fully saturated rings. The second kappa shape index (κ2) is 7.60. The molecule has 1 aromatic carbocycles. The number of nitrogens with one attached hydrogen (secondary N) is 1. The lowest BCUT2D eigenvalue weighted by Gasteiger charge is -2.42. The lowest BCUT2D eigenvalue weighted by molar-refractivity contribution is 0.131. The SMILES string of the molecule is CN(C)S(=O)(=O)c1cccc(NC(=S)N2CC[C@@H]3CCCC[C@@H]3C2)c1. The van der Waals surface area contributed by atoms with Crippen LogP contribution < -0.4 is 5.32 Å². The third kappa shape index (κ3) is 4.15. The van der Waals surface area contributed by atoms with Crippen LogP contribution in [-0.4, -0.2) is 49.9 Å². The van der Waals surface area contributed by atoms with Crippen molar-refractivity contribution in [3.63, 3.8) is 0 Å². The zero-order valence-corrected chi connectivity index (χ0v) is 16.6. The highest BCUT2D eigenvalue weighted by atomic mass is 32.2. The van der Waals surface area contributed by atoms with E-state index in [9.17, 15) is 8.42 Å². The van der Waals surface area contributed by atoms with E-state index in [1.165, 1.54) is 50.5 Å². The van der Waals surface area contributed by atoms with Crippen LogP contribution in [0.15, 0.2) is 29.2 Å². The van der Waals surface area contributed by atoms with Crippen LogP contribution in [0, 0.1) is 11.8 Å². The standard InChI is InChI=1S/C18H27N3O2S2/c1-20(2)25(22,23)17-9-5-8-16(12-17)19-18(24)21-11-10-14-6-3-4-7-15(14)13-21/h5,8-9,12,14-15H,3-4,6-7,10-11,13H2,1-2H3,(H,19,24)/t14-,15+/m0/s1. The minimum atomic E-state index is -3.44. The van der Waals surface area contributed by atoms with E-state index in [0.717, 1.165) is 30.6 Å². The first-order chi connectivity index (χ1) is 11.9. The average Bonchev–Trinajstić information content (AvgIpc) is 2.61. The van der Waals surface area contributed by atoms with Gasteiger partial charge in [-0.05, 0) is 55.1 Å². The van der Waals surface area contributed by atoms with Gasteiger partial charge in [-0.2, -0.15) is 0 Å². The lowest BCUT2D eigenvalue weighted by Crippen LogP contribution is -2.46. The molecule has 1 saturated carbocycles. The maximum absolute atomic E-state index is 12.3. The predicted molar refractivity (Wildman–Crippen MR) is 105 cm³/mol. The lowest BCUT2D eigenvalue weighted by atomic mass is 9.75. The maximum Gasteiger partial charge on any atom is 0.242 e. The Bertz CT molecular complexity index is 734. The molecule has 1 N–H and O–H groups in total. The summed E-state index contributed by atoms with van der Waals surface area (Å²) < 4.78 is 25.8. The van der Waals surface area contributed by atoms with Gasteiger partial charge in [-0.1, -0.05) is 25.3 Å². The Kier molecular flexibility index (Phi) is 5.65. The largest absolute Gasteiger partial charge is 0.349 e. The summed E-state index contributed by atoms with van der Waals surface area (Å²) in [6, 6.07) is 6.86. The van der Waals surface area contributed by atoms with Gasteiger partial charge in [0.25, 0.3) is 0 Å². The van der Waals surface area contributed by atoms with Crippen LogP contribution in [-0.2, 0) is 10.0 Å². The molecule has 0 amide bonds. The van der Waals surface area contributed by atoms with Gasteiger partial charge in [0.2, 0.25) is 10.0 Å². The molecule has 1 aliphatic heterocycles. The zero-order chi connectivity index (χ0) is 18.0. The first-order valence-corrected chi connectivity index (χ1v) is 10.8. The number of hydrogen-bond donors (Lipinski definition) is 1. The molecule has 7 heteroatoms. The summed E-state index contributed by atoms with van der Waals surface area (Å²) in [6.07, 6.45) is 6.58. The molecule has 1 aromatic rings. The van der Waals surface area contributed by atoms with Crippen molar-refractivity contribution in [2.24, 2.45) is 11.8 Å². The van der Waals surface area contributed by atoms with Crippen LogP contribution in [0.3, 0.4) is 0 Å². The fourth-order valence-electron chi connectivity index (χ4n) is 3.93. The molecule has 0 spiro atoms. The normalized spacial score (nSPS) is 24.0. The zero-order valence-electron chi connectivity index (χ0n) is 14.9. The minimum absolute atomic E-state index is 0.274. The topological polar surface area (TPSA) is 52.7 Å². The van der Waals surface area contributed by atoms with Crippen LogP contribution in [0.4, 0.5) is 5.69 Å². The minimum Gasteiger partial charge on any atom is -0.349 e. The highest BCUT2D eigenvalue weighted by Gasteiger charge is 2.32. The van der Waals surface area contributed by atoms with E-state index in [4.69, 9.17) is 12.2 Å². The molecule has 2 aliphatic rings. The Morgan fingerprint density at radius 2 is 1.92 bits per heavy atom. The van der Waals surface area contributed by atoms with E-state index >= 15 is 0 Å². The van der Waals surface area contributed by atoms with Crippen molar-refractivity contribution in [1.82, 2.24) is 9.21 Å². The Morgan fingerprint density at radius 1 is 1.20 bits per heavy atom. The third-order valence-electron chi connectivity index (χ3n) is 5.44. The van der Waals surface area contributed by atoms with Crippen molar-refractivity contribution >= 4 is 33.0 Å². The van der Waals surface area contributed by atoms with Crippen molar-refractivity contribution in [3.05, 3.63) is 24.3 Å². The average molecular weight is 382 g/mol. The molecule has 1 saturated heterocycles. The second-order valence-electron chi connectivity index (χ2n) is 7.28. The summed E-state index contributed by atoms with van der Waals surface area (Å²) in [5.41, 5.74) is 0.721. The molecular formula is C18H27N3O2S2. The van der Waals surface area contributed by atoms with Gasteiger partial charge in [-0.15, -0.1) is 0 Å². The number of hydrogen-bond acceptors (Lipinski definition) is 3. The van der Waals surface area contributed by atoms with E-state index in [-0.39, 0.29) is 4.90 Å². The van der Waals surface area contributed by atoms with Gasteiger partial charge >= 0.3 is 0 Å². The number of nitrogens with zero attached hydrogens (tertiary/aromatic N) is 2. The summed E-state index contributed by atoms with van der Waals surface area (Å²) in [7, 11) is -0.367. The van der Waals surface area contributed by atoms with E-state index < -0.39 is 10.0 Å². The molecule has 138 valence electrons. The monoisotopic (exact) mass is 381 g/mol. The van der Waals surface area contributed by atoms with E-state index in [1.54, 1.807) is 18.2 Å². The summed E-state index contributed by atoms with van der Waals surface area (Å²) in [4.78, 5) is 2.52. The number of sulfonamides is 1. The van der Waals surface area contributed by atoms with Crippen LogP contribution in [0.2, 0.25) is 0 Å². The summed E-state index contributed by atoms with van der Waals surface area (Å²) >= 11 is 5.59. The van der Waals surface area contributed by atoms with E-state index in [1.807, 2.05) is 6.07 Å². The number of fused-ring (bicyclic) bond motifs is 1. The molecule has 25 heavy (non-hydrogen) atoms. The predicted octanol–water partition coefficient (Wildman–Crippen LogP) is 3.15. The van der Waals surface area contributed by atoms with Gasteiger partial charge < -0.3 is 10.2 Å². The molecule has 1 heterocycles. The van der Waals surface area contributed by atoms with E-state index in [0.29, 0.717) is 5.11 Å². The quantitative estimate of drug-likeness (QED) is 0.815. The fraction of sp³-hybridized carbons (Fsp3) is 0.611. The number of anilines is 1. The Morgan fingerprint density at radius 3 is 2.64 bits per heavy atom. The van der Waals surface area contributed by atoms with Crippen LogP contribution in [0.25, 0.3) is 0 Å². The molecule has 0 radical (unpaired) electrons. The van der Waals surface area contributed by atoms with E-state index in [2.05, 4.69) is 10.2 Å². The second-order valence-corrected chi connectivity index (χ2v) is 9.82. The molecule has 2 atom stereocenters. The third-order valence-corrected chi connectivity index (χ3v) is 7.61. The van der Waals surface area contributed by atoms with Crippen LogP contribution in [0.5, 0.6) is 0 Å². The van der Waals surface area contributed by atoms with Gasteiger partial charge in [0.05, 0.1) is 4.90 Å². The van der Waals surface area contributed by atoms with Gasteiger partial charge in [0.1, 0.15) is 0 Å². The van der Waals surface area contributed by atoms with Gasteiger partial charge in [0.15, 0.2) is 5.11 Å². The number of rotatable bonds is 3. The molecule has 5 nitrogen and oxygen atoms in total. The summed E-state index contributed by atoms with van der Waals surface area (Å²) in [5.74, 6) is 1.61. The molecule has 0 unspecified atom stereocenters. The molecular weight excluding hydrogens is 354 g/mol. The number of benzene rings is 1. The summed E-state index contributed by atoms with van der Waals surface area (Å²) in [6.45, 7) is 2.01. The molecule has 0 aromatic heterocycles. The molecule has 3 rings (SSSR count). The number of piperidine rings is 1. The number of likely N-dealkylation sites (tertiary alicyclic amines) is 1. The van der Waals surface area contributed by atoms with Gasteiger partial charge in [-0.25, -0.2) is 12.7 Å². The van der Waals surface area contributed by atoms with Gasteiger partial charge in [0, 0.05) is 32.9 Å². The maximum atomic E-state index is 12.3. The van der Waals surface area contributed by atoms with Crippen molar-refractivity contribution < 1.29 is 8.42 Å². The Balaban J connectivity index is 1.67. The Hall–Kier alpha value is -1.18. The van der Waals surface area contributed by atoms with Crippen molar-refractivity contribution in [2.45, 2.75) is 37.0 Å². The highest BCUT2D eigenvalue weighted by Crippen LogP contribution is 2.36. The van der Waals surface area contributed by atoms with Crippen molar-refractivity contribution in [1.29, 1.82) is 0 Å². The number of thiocarbonyl (C=S) groups is 1. The van der Waals surface area contributed by atoms with Crippen LogP contribution >= 0.6 is 12.2 Å². The first-order valence-electron chi connectivity index (χ1n) is 8.96. The highest BCUT2D eigenvalue weighted by molar-refractivity contribution is 7.89. The fourth-order valence-corrected chi connectivity index (χ4v) is 5.16. The summed E-state index contributed by atoms with van der Waals surface area (Å²) in [5, 5.41) is 3.93. The smallest absolute Gasteiger partial charge is 0.242 e.